The van der Waals surface area contributed by atoms with Gasteiger partial charge in [-0.3, -0.25) is 0 Å². The highest BCUT2D eigenvalue weighted by Gasteiger charge is 2.04. The van der Waals surface area contributed by atoms with Crippen LogP contribution >= 0.6 is 0 Å². The van der Waals surface area contributed by atoms with Crippen LogP contribution < -0.4 is 5.73 Å². The predicted molar refractivity (Wildman–Crippen MR) is 74.3 cm³/mol. The van der Waals surface area contributed by atoms with Crippen molar-refractivity contribution in [2.75, 3.05) is 7.05 Å². The fraction of sp³-hybridized carbons (Fsp3) is 1.00. The predicted octanol–water partition coefficient (Wildman–Crippen LogP) is 4.99. The molecule has 0 rings (SSSR count). The molecule has 0 bridgehead atoms. The van der Waals surface area contributed by atoms with E-state index in [4.69, 9.17) is 0 Å². The van der Waals surface area contributed by atoms with Crippen molar-refractivity contribution in [3.63, 3.8) is 0 Å². The van der Waals surface area contributed by atoms with Crippen LogP contribution in [0, 0.1) is 5.92 Å². The minimum absolute atomic E-state index is 1.03. The van der Waals surface area contributed by atoms with Crippen LogP contribution in [0.3, 0.4) is 0 Å². The maximum Gasteiger partial charge on any atom is -0.0195 e. The molecule has 0 aliphatic heterocycles. The molecule has 1 nitrogen and oxygen atoms in total. The molecule has 0 aromatic rings. The Morgan fingerprint density at radius 3 is 1.40 bits per heavy atom. The Morgan fingerprint density at radius 1 is 0.733 bits per heavy atom. The van der Waals surface area contributed by atoms with Crippen molar-refractivity contribution in [1.82, 2.24) is 0 Å². The Balaban J connectivity index is -0.000000318. The van der Waals surface area contributed by atoms with Gasteiger partial charge in [0.2, 0.25) is 0 Å². The fourth-order valence-electron chi connectivity index (χ4n) is 1.74. The maximum atomic E-state index is 4.50. The molecule has 0 spiro atoms. The molecule has 0 fully saturated rings. The van der Waals surface area contributed by atoms with E-state index in [0.29, 0.717) is 0 Å². The molecule has 15 heavy (non-hydrogen) atoms. The van der Waals surface area contributed by atoms with Crippen LogP contribution in [0.25, 0.3) is 0 Å². The highest BCUT2D eigenvalue weighted by atomic mass is 14.4. The van der Waals surface area contributed by atoms with E-state index < -0.39 is 0 Å². The zero-order valence-corrected chi connectivity index (χ0v) is 12.1. The summed E-state index contributed by atoms with van der Waals surface area (Å²) >= 11 is 0. The summed E-state index contributed by atoms with van der Waals surface area (Å²) < 4.78 is 0. The molecule has 0 aromatic heterocycles. The van der Waals surface area contributed by atoms with E-state index in [2.05, 4.69) is 26.5 Å². The van der Waals surface area contributed by atoms with Crippen LogP contribution in [-0.4, -0.2) is 7.05 Å². The van der Waals surface area contributed by atoms with Gasteiger partial charge < -0.3 is 5.73 Å². The van der Waals surface area contributed by atoms with Crippen LogP contribution in [0.5, 0.6) is 0 Å². The van der Waals surface area contributed by atoms with Crippen molar-refractivity contribution in [1.29, 1.82) is 0 Å². The third kappa shape index (κ3) is 20.1. The van der Waals surface area contributed by atoms with Gasteiger partial charge in [0, 0.05) is 0 Å². The summed E-state index contributed by atoms with van der Waals surface area (Å²) in [5, 5.41) is 0. The minimum Gasteiger partial charge on any atom is -0.333 e. The number of hydrogen-bond donors (Lipinski definition) is 1. The minimum atomic E-state index is 1.03. The first-order valence-electron chi connectivity index (χ1n) is 6.92. The van der Waals surface area contributed by atoms with E-state index >= 15 is 0 Å². The first-order chi connectivity index (χ1) is 7.35. The van der Waals surface area contributed by atoms with Gasteiger partial charge in [0.1, 0.15) is 0 Å². The second-order valence-electron chi connectivity index (χ2n) is 3.59. The monoisotopic (exact) mass is 217 g/mol. The van der Waals surface area contributed by atoms with E-state index in [-0.39, 0.29) is 0 Å². The van der Waals surface area contributed by atoms with E-state index in [1.165, 1.54) is 52.0 Å². The largest absolute Gasteiger partial charge is 0.333 e. The molecule has 0 aliphatic carbocycles. The van der Waals surface area contributed by atoms with E-state index in [1.54, 1.807) is 0 Å². The number of hydrogen-bond acceptors (Lipinski definition) is 1. The quantitative estimate of drug-likeness (QED) is 0.638. The van der Waals surface area contributed by atoms with Crippen LogP contribution in [-0.2, 0) is 0 Å². The van der Waals surface area contributed by atoms with Crippen molar-refractivity contribution < 1.29 is 0 Å². The highest BCUT2D eigenvalue weighted by Crippen LogP contribution is 2.19. The van der Waals surface area contributed by atoms with Crippen molar-refractivity contribution in [2.24, 2.45) is 11.7 Å². The Hall–Kier alpha value is -0.0400. The van der Waals surface area contributed by atoms with Crippen LogP contribution in [0.15, 0.2) is 0 Å². The topological polar surface area (TPSA) is 26.0 Å². The van der Waals surface area contributed by atoms with Crippen molar-refractivity contribution >= 4 is 0 Å². The first kappa shape index (κ1) is 20.4. The summed E-state index contributed by atoms with van der Waals surface area (Å²) in [6.45, 7) is 10.9. The Kier molecular flexibility index (Phi) is 32.1. The highest BCUT2D eigenvalue weighted by molar-refractivity contribution is 4.57. The van der Waals surface area contributed by atoms with E-state index in [9.17, 15) is 0 Å². The molecule has 0 radical (unpaired) electrons. The standard InChI is InChI=1S/C11H24.C2H6.CH5N/c1-4-7-10-11(8-5-2)9-6-3;2*1-2/h11H,4-10H2,1-3H3;1-2H3;2H2,1H3. The molecule has 0 amide bonds. The lowest BCUT2D eigenvalue weighted by Gasteiger charge is -2.13. The molecule has 2 N–H and O–H groups in total. The number of rotatable bonds is 7. The number of unbranched alkanes of at least 4 members (excludes halogenated alkanes) is 1. The van der Waals surface area contributed by atoms with Crippen molar-refractivity contribution in [3.05, 3.63) is 0 Å². The second-order valence-corrected chi connectivity index (χ2v) is 3.59. The van der Waals surface area contributed by atoms with Crippen molar-refractivity contribution in [3.8, 4) is 0 Å². The smallest absolute Gasteiger partial charge is 0.0195 e. The third-order valence-corrected chi connectivity index (χ3v) is 2.36. The SMILES string of the molecule is CC.CCCCC(CCC)CCC.CN. The third-order valence-electron chi connectivity index (χ3n) is 2.36. The summed E-state index contributed by atoms with van der Waals surface area (Å²) in [7, 11) is 1.50. The average Bonchev–Trinajstić information content (AvgIpc) is 2.32. The van der Waals surface area contributed by atoms with Crippen molar-refractivity contribution in [2.45, 2.75) is 79.6 Å². The zero-order chi connectivity index (χ0) is 12.5. The van der Waals surface area contributed by atoms with Gasteiger partial charge in [-0.05, 0) is 13.0 Å². The summed E-state index contributed by atoms with van der Waals surface area (Å²) in [5.41, 5.74) is 4.50. The Labute approximate surface area is 98.8 Å². The molecule has 0 atom stereocenters. The van der Waals surface area contributed by atoms with Gasteiger partial charge in [0.25, 0.3) is 0 Å². The van der Waals surface area contributed by atoms with Gasteiger partial charge >= 0.3 is 0 Å². The molecule has 0 aliphatic rings. The van der Waals surface area contributed by atoms with Crippen LogP contribution in [0.2, 0.25) is 0 Å². The number of nitrogens with two attached hydrogens (primary N) is 1. The lowest BCUT2D eigenvalue weighted by atomic mass is 9.93. The zero-order valence-electron chi connectivity index (χ0n) is 12.1. The molecular weight excluding hydrogens is 182 g/mol. The fourth-order valence-corrected chi connectivity index (χ4v) is 1.74. The summed E-state index contributed by atoms with van der Waals surface area (Å²) in [5.74, 6) is 1.03. The molecule has 0 aromatic carbocycles. The molecular formula is C14H35N. The van der Waals surface area contributed by atoms with Crippen LogP contribution in [0.4, 0.5) is 0 Å². The normalized spacial score (nSPS) is 8.80. The maximum absolute atomic E-state index is 4.50. The van der Waals surface area contributed by atoms with Gasteiger partial charge in [-0.2, -0.15) is 0 Å². The molecule has 0 unspecified atom stereocenters. The van der Waals surface area contributed by atoms with Gasteiger partial charge in [0.15, 0.2) is 0 Å². The molecule has 96 valence electrons. The Bertz CT molecular complexity index is 65.7. The van der Waals surface area contributed by atoms with E-state index in [0.717, 1.165) is 5.92 Å². The molecule has 0 saturated heterocycles. The summed E-state index contributed by atoms with van der Waals surface area (Å²) in [6.07, 6.45) is 9.91. The summed E-state index contributed by atoms with van der Waals surface area (Å²) in [6, 6.07) is 0. The molecule has 0 heterocycles. The first-order valence-corrected chi connectivity index (χ1v) is 6.92. The second kappa shape index (κ2) is 23.6. The average molecular weight is 217 g/mol. The lowest BCUT2D eigenvalue weighted by Crippen LogP contribution is -1.99. The van der Waals surface area contributed by atoms with Gasteiger partial charge in [-0.1, -0.05) is 79.6 Å². The van der Waals surface area contributed by atoms with Gasteiger partial charge in [-0.25, -0.2) is 0 Å². The lowest BCUT2D eigenvalue weighted by molar-refractivity contribution is 0.398. The van der Waals surface area contributed by atoms with Crippen LogP contribution in [0.1, 0.15) is 79.6 Å². The van der Waals surface area contributed by atoms with Gasteiger partial charge in [-0.15, -0.1) is 0 Å². The van der Waals surface area contributed by atoms with E-state index in [1.807, 2.05) is 13.8 Å². The summed E-state index contributed by atoms with van der Waals surface area (Å²) in [4.78, 5) is 0. The molecule has 1 heteroatoms. The molecule has 0 saturated carbocycles. The van der Waals surface area contributed by atoms with Gasteiger partial charge in [0.05, 0.1) is 0 Å². The Morgan fingerprint density at radius 2 is 1.13 bits per heavy atom.